The number of rotatable bonds is 4. The summed E-state index contributed by atoms with van der Waals surface area (Å²) in [5, 5.41) is 0. The monoisotopic (exact) mass is 257 g/mol. The van der Waals surface area contributed by atoms with Gasteiger partial charge in [-0.2, -0.15) is 4.98 Å². The molecule has 19 heavy (non-hydrogen) atoms. The lowest BCUT2D eigenvalue weighted by atomic mass is 9.82. The van der Waals surface area contributed by atoms with Crippen LogP contribution in [0.1, 0.15) is 32.8 Å². The summed E-state index contributed by atoms with van der Waals surface area (Å²) in [6, 6.07) is 11.9. The Kier molecular flexibility index (Phi) is 3.74. The molecule has 0 atom stereocenters. The van der Waals surface area contributed by atoms with Crippen molar-refractivity contribution in [3.8, 4) is 11.6 Å². The van der Waals surface area contributed by atoms with Crippen LogP contribution in [0, 0.1) is 0 Å². The molecule has 0 aliphatic rings. The number of H-pyrrole nitrogens is 1. The second-order valence-corrected chi connectivity index (χ2v) is 5.35. The van der Waals surface area contributed by atoms with E-state index in [1.807, 2.05) is 18.2 Å². The van der Waals surface area contributed by atoms with E-state index in [0.717, 1.165) is 12.2 Å². The molecule has 100 valence electrons. The molecule has 0 aliphatic carbocycles. The van der Waals surface area contributed by atoms with Gasteiger partial charge < -0.3 is 10.5 Å². The summed E-state index contributed by atoms with van der Waals surface area (Å²) in [5.41, 5.74) is 7.83. The molecule has 1 aromatic carbocycles. The number of pyridine rings is 1. The Morgan fingerprint density at radius 2 is 1.79 bits per heavy atom. The molecule has 0 radical (unpaired) electrons. The standard InChI is InChI=1S/C16H20N2O/c1-4-16(2,3)12-5-8-14(9-6-12)19-15-10-7-13(17)11-18-15/h5-11H,4,17H2,1-3H3/p+1. The predicted molar refractivity (Wildman–Crippen MR) is 77.2 cm³/mol. The summed E-state index contributed by atoms with van der Waals surface area (Å²) < 4.78 is 5.72. The van der Waals surface area contributed by atoms with E-state index in [1.165, 1.54) is 5.56 Å². The van der Waals surface area contributed by atoms with E-state index in [-0.39, 0.29) is 5.41 Å². The number of hydrogen-bond acceptors (Lipinski definition) is 2. The van der Waals surface area contributed by atoms with Gasteiger partial charge in [0.2, 0.25) is 0 Å². The van der Waals surface area contributed by atoms with E-state index < -0.39 is 0 Å². The molecular formula is C16H21N2O+. The van der Waals surface area contributed by atoms with Gasteiger partial charge in [-0.1, -0.05) is 32.9 Å². The topological polar surface area (TPSA) is 49.4 Å². The zero-order valence-corrected chi connectivity index (χ0v) is 11.7. The first-order valence-electron chi connectivity index (χ1n) is 6.57. The third-order valence-corrected chi connectivity index (χ3v) is 3.56. The van der Waals surface area contributed by atoms with Gasteiger partial charge in [0.05, 0.1) is 11.8 Å². The Morgan fingerprint density at radius 1 is 1.11 bits per heavy atom. The predicted octanol–water partition coefficient (Wildman–Crippen LogP) is 3.56. The Bertz CT molecular complexity index is 530. The molecule has 0 amide bonds. The van der Waals surface area contributed by atoms with Crippen molar-refractivity contribution in [2.24, 2.45) is 0 Å². The lowest BCUT2D eigenvalue weighted by molar-refractivity contribution is -0.390. The van der Waals surface area contributed by atoms with Crippen molar-refractivity contribution in [1.29, 1.82) is 0 Å². The van der Waals surface area contributed by atoms with E-state index in [2.05, 4.69) is 37.9 Å². The highest BCUT2D eigenvalue weighted by atomic mass is 16.5. The molecule has 0 bridgehead atoms. The van der Waals surface area contributed by atoms with E-state index in [0.29, 0.717) is 11.6 Å². The first-order chi connectivity index (χ1) is 9.01. The number of aromatic amines is 1. The summed E-state index contributed by atoms with van der Waals surface area (Å²) >= 11 is 0. The van der Waals surface area contributed by atoms with Crippen LogP contribution < -0.4 is 15.5 Å². The fourth-order valence-corrected chi connectivity index (χ4v) is 1.79. The smallest absolute Gasteiger partial charge is 0.371 e. The summed E-state index contributed by atoms with van der Waals surface area (Å²) in [5.74, 6) is 1.49. The van der Waals surface area contributed by atoms with E-state index >= 15 is 0 Å². The van der Waals surface area contributed by atoms with Crippen LogP contribution in [0.3, 0.4) is 0 Å². The maximum absolute atomic E-state index is 5.72. The van der Waals surface area contributed by atoms with Gasteiger partial charge in [0.25, 0.3) is 0 Å². The van der Waals surface area contributed by atoms with Gasteiger partial charge in [0.1, 0.15) is 5.75 Å². The first kappa shape index (κ1) is 13.4. The SMILES string of the molecule is CCC(C)(C)c1ccc(Oc2ccc(N)c[nH+]2)cc1. The van der Waals surface area contributed by atoms with Crippen LogP contribution in [0.5, 0.6) is 11.6 Å². The van der Waals surface area contributed by atoms with Gasteiger partial charge in [-0.05, 0) is 35.6 Å². The Labute approximate surface area is 114 Å². The van der Waals surface area contributed by atoms with Crippen molar-refractivity contribution in [2.45, 2.75) is 32.6 Å². The van der Waals surface area contributed by atoms with E-state index in [1.54, 1.807) is 12.3 Å². The molecule has 2 aromatic rings. The van der Waals surface area contributed by atoms with Crippen LogP contribution in [0.25, 0.3) is 0 Å². The number of aromatic nitrogens is 1. The van der Waals surface area contributed by atoms with Gasteiger partial charge in [0.15, 0.2) is 6.20 Å². The fourth-order valence-electron chi connectivity index (χ4n) is 1.79. The van der Waals surface area contributed by atoms with Crippen molar-refractivity contribution in [3.63, 3.8) is 0 Å². The molecule has 0 unspecified atom stereocenters. The molecule has 0 fully saturated rings. The average Bonchev–Trinajstić information content (AvgIpc) is 2.42. The molecule has 3 N–H and O–H groups in total. The molecule has 0 saturated carbocycles. The lowest BCUT2D eigenvalue weighted by Crippen LogP contribution is -2.15. The van der Waals surface area contributed by atoms with Crippen LogP contribution in [-0.4, -0.2) is 0 Å². The minimum atomic E-state index is 0.200. The summed E-state index contributed by atoms with van der Waals surface area (Å²) in [6.45, 7) is 6.70. The number of hydrogen-bond donors (Lipinski definition) is 1. The van der Waals surface area contributed by atoms with Crippen LogP contribution in [0.2, 0.25) is 0 Å². The lowest BCUT2D eigenvalue weighted by Gasteiger charge is -2.23. The highest BCUT2D eigenvalue weighted by Crippen LogP contribution is 2.28. The zero-order valence-electron chi connectivity index (χ0n) is 11.7. The highest BCUT2D eigenvalue weighted by molar-refractivity contribution is 5.35. The zero-order chi connectivity index (χ0) is 13.9. The molecular weight excluding hydrogens is 236 g/mol. The summed E-state index contributed by atoms with van der Waals surface area (Å²) in [6.07, 6.45) is 2.82. The van der Waals surface area contributed by atoms with Crippen molar-refractivity contribution in [3.05, 3.63) is 48.2 Å². The van der Waals surface area contributed by atoms with Gasteiger partial charge in [-0.25, -0.2) is 0 Å². The third kappa shape index (κ3) is 3.25. The van der Waals surface area contributed by atoms with Crippen molar-refractivity contribution in [1.82, 2.24) is 0 Å². The Hall–Kier alpha value is -2.03. The molecule has 0 spiro atoms. The third-order valence-electron chi connectivity index (χ3n) is 3.56. The Morgan fingerprint density at radius 3 is 2.32 bits per heavy atom. The molecule has 3 heteroatoms. The molecule has 1 heterocycles. The van der Waals surface area contributed by atoms with Gasteiger partial charge >= 0.3 is 5.88 Å². The molecule has 0 saturated heterocycles. The number of benzene rings is 1. The van der Waals surface area contributed by atoms with Gasteiger partial charge in [-0.3, -0.25) is 0 Å². The summed E-state index contributed by atoms with van der Waals surface area (Å²) in [4.78, 5) is 2.99. The number of anilines is 1. The highest BCUT2D eigenvalue weighted by Gasteiger charge is 2.17. The summed E-state index contributed by atoms with van der Waals surface area (Å²) in [7, 11) is 0. The minimum Gasteiger partial charge on any atom is -0.405 e. The van der Waals surface area contributed by atoms with Crippen LogP contribution in [0.4, 0.5) is 5.69 Å². The average molecular weight is 257 g/mol. The maximum Gasteiger partial charge on any atom is 0.371 e. The molecule has 1 aromatic heterocycles. The van der Waals surface area contributed by atoms with E-state index in [9.17, 15) is 0 Å². The first-order valence-corrected chi connectivity index (χ1v) is 6.57. The van der Waals surface area contributed by atoms with Crippen molar-refractivity contribution in [2.75, 3.05) is 5.73 Å². The van der Waals surface area contributed by atoms with Crippen LogP contribution >= 0.6 is 0 Å². The largest absolute Gasteiger partial charge is 0.405 e. The number of ether oxygens (including phenoxy) is 1. The maximum atomic E-state index is 5.72. The molecule has 3 nitrogen and oxygen atoms in total. The number of nitrogens with two attached hydrogens (primary N) is 1. The quantitative estimate of drug-likeness (QED) is 0.910. The number of nitrogen functional groups attached to an aromatic ring is 1. The molecule has 0 aliphatic heterocycles. The van der Waals surface area contributed by atoms with E-state index in [4.69, 9.17) is 10.5 Å². The number of nitrogens with one attached hydrogen (secondary N) is 1. The fraction of sp³-hybridized carbons (Fsp3) is 0.312. The van der Waals surface area contributed by atoms with Gasteiger partial charge in [0, 0.05) is 0 Å². The second-order valence-electron chi connectivity index (χ2n) is 5.35. The normalized spacial score (nSPS) is 11.3. The minimum absolute atomic E-state index is 0.200. The van der Waals surface area contributed by atoms with Crippen LogP contribution in [0.15, 0.2) is 42.6 Å². The van der Waals surface area contributed by atoms with Crippen molar-refractivity contribution < 1.29 is 9.72 Å². The molecule has 2 rings (SSSR count). The van der Waals surface area contributed by atoms with Crippen molar-refractivity contribution >= 4 is 5.69 Å². The Balaban J connectivity index is 2.13. The second kappa shape index (κ2) is 5.31. The van der Waals surface area contributed by atoms with Gasteiger partial charge in [-0.15, -0.1) is 0 Å². The van der Waals surface area contributed by atoms with Crippen LogP contribution in [-0.2, 0) is 5.41 Å².